The summed E-state index contributed by atoms with van der Waals surface area (Å²) < 4.78 is 5.80. The number of allylic oxidation sites excluding steroid dienone is 1. The summed E-state index contributed by atoms with van der Waals surface area (Å²) in [6.07, 6.45) is 16.3. The van der Waals surface area contributed by atoms with Gasteiger partial charge in [-0.05, 0) is 75.0 Å². The van der Waals surface area contributed by atoms with E-state index in [1.165, 1.54) is 25.3 Å². The number of esters is 1. The fourth-order valence-electron chi connectivity index (χ4n) is 6.99. The number of carbonyl (C=O) groups is 1. The van der Waals surface area contributed by atoms with E-state index in [1.54, 1.807) is 0 Å². The maximum atomic E-state index is 11.7. The van der Waals surface area contributed by atoms with Crippen molar-refractivity contribution in [3.05, 3.63) is 11.6 Å². The third-order valence-electron chi connectivity index (χ3n) is 8.10. The van der Waals surface area contributed by atoms with Gasteiger partial charge in [-0.3, -0.25) is 4.79 Å². The van der Waals surface area contributed by atoms with Gasteiger partial charge in [-0.15, -0.1) is 6.42 Å². The highest BCUT2D eigenvalue weighted by molar-refractivity contribution is 5.67. The third kappa shape index (κ3) is 2.40. The van der Waals surface area contributed by atoms with E-state index in [1.807, 2.05) is 0 Å². The molecule has 1 N–H and O–H groups in total. The van der Waals surface area contributed by atoms with Crippen molar-refractivity contribution in [3.8, 4) is 12.3 Å². The van der Waals surface area contributed by atoms with Crippen molar-refractivity contribution in [3.63, 3.8) is 0 Å². The Morgan fingerprint density at radius 3 is 2.76 bits per heavy atom. The molecule has 0 bridgehead atoms. The Morgan fingerprint density at radius 1 is 1.24 bits per heavy atom. The first-order chi connectivity index (χ1) is 11.9. The molecule has 3 fully saturated rings. The maximum absolute atomic E-state index is 11.7. The van der Waals surface area contributed by atoms with Gasteiger partial charge in [-0.25, -0.2) is 0 Å². The van der Waals surface area contributed by atoms with Crippen LogP contribution in [-0.2, 0) is 9.53 Å². The van der Waals surface area contributed by atoms with Crippen LogP contribution >= 0.6 is 0 Å². The SMILES string of the molecule is C#CC1(OC(C)=O)CCC2C3CCC4=CC(O)CCC4C3CCC21C. The van der Waals surface area contributed by atoms with Gasteiger partial charge in [0.2, 0.25) is 0 Å². The standard InChI is InChI=1S/C22H30O3/c1-4-22(25-14(2)23)12-10-20-19-7-5-15-13-16(24)6-8-17(15)18(19)9-11-21(20,22)3/h1,13,16-20,24H,5-12H2,2-3H3. The Balaban J connectivity index is 1.63. The average molecular weight is 342 g/mol. The van der Waals surface area contributed by atoms with E-state index in [2.05, 4.69) is 18.9 Å². The quantitative estimate of drug-likeness (QED) is 0.447. The van der Waals surface area contributed by atoms with E-state index in [4.69, 9.17) is 11.2 Å². The second-order valence-electron chi connectivity index (χ2n) is 9.03. The summed E-state index contributed by atoms with van der Waals surface area (Å²) in [6.45, 7) is 3.76. The van der Waals surface area contributed by atoms with Crippen molar-refractivity contribution in [2.75, 3.05) is 0 Å². The van der Waals surface area contributed by atoms with E-state index in [0.29, 0.717) is 17.8 Å². The number of rotatable bonds is 1. The first-order valence-electron chi connectivity index (χ1n) is 9.96. The Hall–Kier alpha value is -1.27. The summed E-state index contributed by atoms with van der Waals surface area (Å²) in [5, 5.41) is 9.97. The lowest BCUT2D eigenvalue weighted by atomic mass is 9.50. The van der Waals surface area contributed by atoms with Gasteiger partial charge in [-0.2, -0.15) is 0 Å². The third-order valence-corrected chi connectivity index (χ3v) is 8.10. The van der Waals surface area contributed by atoms with Gasteiger partial charge in [0.1, 0.15) is 0 Å². The Morgan fingerprint density at radius 2 is 2.04 bits per heavy atom. The summed E-state index contributed by atoms with van der Waals surface area (Å²) in [6, 6.07) is 0. The van der Waals surface area contributed by atoms with Crippen LogP contribution in [0, 0.1) is 41.4 Å². The van der Waals surface area contributed by atoms with Crippen molar-refractivity contribution >= 4 is 5.97 Å². The predicted molar refractivity (Wildman–Crippen MR) is 96.4 cm³/mol. The number of hydrogen-bond acceptors (Lipinski definition) is 3. The van der Waals surface area contributed by atoms with Crippen LogP contribution in [0.5, 0.6) is 0 Å². The van der Waals surface area contributed by atoms with Gasteiger partial charge in [0, 0.05) is 12.3 Å². The Kier molecular flexibility index (Phi) is 4.03. The molecule has 0 saturated heterocycles. The van der Waals surface area contributed by atoms with Crippen molar-refractivity contribution in [1.82, 2.24) is 0 Å². The molecule has 7 atom stereocenters. The number of fused-ring (bicyclic) bond motifs is 5. The van der Waals surface area contributed by atoms with Crippen molar-refractivity contribution in [2.45, 2.75) is 76.9 Å². The second kappa shape index (κ2) is 5.88. The van der Waals surface area contributed by atoms with Crippen LogP contribution in [0.25, 0.3) is 0 Å². The zero-order valence-corrected chi connectivity index (χ0v) is 15.5. The molecular formula is C22H30O3. The van der Waals surface area contributed by atoms with E-state index >= 15 is 0 Å². The topological polar surface area (TPSA) is 46.5 Å². The zero-order valence-electron chi connectivity index (χ0n) is 15.5. The number of aliphatic hydroxyl groups excluding tert-OH is 1. The van der Waals surface area contributed by atoms with E-state index in [9.17, 15) is 9.90 Å². The van der Waals surface area contributed by atoms with E-state index in [-0.39, 0.29) is 17.5 Å². The van der Waals surface area contributed by atoms with Gasteiger partial charge in [0.05, 0.1) is 6.10 Å². The maximum Gasteiger partial charge on any atom is 0.304 e. The molecule has 4 aliphatic rings. The molecule has 0 spiro atoms. The average Bonchev–Trinajstić information content (AvgIpc) is 2.87. The van der Waals surface area contributed by atoms with Crippen LogP contribution in [0.1, 0.15) is 65.2 Å². The first kappa shape index (κ1) is 17.2. The molecule has 4 aliphatic carbocycles. The largest absolute Gasteiger partial charge is 0.445 e. The fraction of sp³-hybridized carbons (Fsp3) is 0.773. The lowest BCUT2D eigenvalue weighted by Gasteiger charge is -2.55. The van der Waals surface area contributed by atoms with Crippen LogP contribution in [0.2, 0.25) is 0 Å². The summed E-state index contributed by atoms with van der Waals surface area (Å²) in [5.41, 5.74) is 0.696. The summed E-state index contributed by atoms with van der Waals surface area (Å²) in [4.78, 5) is 11.7. The molecule has 0 aromatic carbocycles. The molecule has 7 unspecified atom stereocenters. The van der Waals surface area contributed by atoms with Crippen LogP contribution in [0.15, 0.2) is 11.6 Å². The van der Waals surface area contributed by atoms with Crippen LogP contribution in [0.4, 0.5) is 0 Å². The molecule has 0 aliphatic heterocycles. The highest BCUT2D eigenvalue weighted by Gasteiger charge is 2.64. The molecule has 3 heteroatoms. The zero-order chi connectivity index (χ0) is 17.8. The molecule has 0 heterocycles. The summed E-state index contributed by atoms with van der Waals surface area (Å²) in [7, 11) is 0. The number of ether oxygens (including phenoxy) is 1. The molecule has 25 heavy (non-hydrogen) atoms. The number of terminal acetylenes is 1. The first-order valence-corrected chi connectivity index (χ1v) is 9.96. The fourth-order valence-corrected chi connectivity index (χ4v) is 6.99. The molecule has 0 radical (unpaired) electrons. The summed E-state index contributed by atoms with van der Waals surface area (Å²) in [5.74, 6) is 5.27. The highest BCUT2D eigenvalue weighted by atomic mass is 16.6. The minimum absolute atomic E-state index is 0.0933. The molecular weight excluding hydrogens is 312 g/mol. The number of aliphatic hydroxyl groups is 1. The molecule has 0 aromatic rings. The molecule has 0 aromatic heterocycles. The van der Waals surface area contributed by atoms with Gasteiger partial charge in [-0.1, -0.05) is 24.5 Å². The molecule has 3 nitrogen and oxygen atoms in total. The van der Waals surface area contributed by atoms with Gasteiger partial charge in [0.15, 0.2) is 5.60 Å². The van der Waals surface area contributed by atoms with Crippen molar-refractivity contribution < 1.29 is 14.6 Å². The van der Waals surface area contributed by atoms with Crippen LogP contribution < -0.4 is 0 Å². The smallest absolute Gasteiger partial charge is 0.304 e. The minimum Gasteiger partial charge on any atom is -0.445 e. The molecule has 4 rings (SSSR count). The predicted octanol–water partition coefficient (Wildman–Crippen LogP) is 3.86. The van der Waals surface area contributed by atoms with Crippen LogP contribution in [0.3, 0.4) is 0 Å². The Labute approximate surface area is 151 Å². The van der Waals surface area contributed by atoms with Crippen molar-refractivity contribution in [1.29, 1.82) is 0 Å². The van der Waals surface area contributed by atoms with Crippen LogP contribution in [-0.4, -0.2) is 22.8 Å². The summed E-state index contributed by atoms with van der Waals surface area (Å²) >= 11 is 0. The van der Waals surface area contributed by atoms with E-state index in [0.717, 1.165) is 44.4 Å². The van der Waals surface area contributed by atoms with Gasteiger partial charge in [0.25, 0.3) is 0 Å². The molecule has 0 amide bonds. The second-order valence-corrected chi connectivity index (χ2v) is 9.03. The van der Waals surface area contributed by atoms with E-state index < -0.39 is 5.60 Å². The highest BCUT2D eigenvalue weighted by Crippen LogP contribution is 2.65. The minimum atomic E-state index is -0.715. The van der Waals surface area contributed by atoms with Crippen molar-refractivity contribution in [2.24, 2.45) is 29.1 Å². The Bertz CT molecular complexity index is 644. The number of hydrogen-bond donors (Lipinski definition) is 1. The molecule has 136 valence electrons. The van der Waals surface area contributed by atoms with Gasteiger partial charge < -0.3 is 9.84 Å². The lowest BCUT2D eigenvalue weighted by Crippen LogP contribution is -2.53. The molecule has 3 saturated carbocycles. The number of carbonyl (C=O) groups excluding carboxylic acids is 1. The van der Waals surface area contributed by atoms with Gasteiger partial charge >= 0.3 is 5.97 Å². The lowest BCUT2D eigenvalue weighted by molar-refractivity contribution is -0.167. The normalized spacial score (nSPS) is 48.4. The monoisotopic (exact) mass is 342 g/mol.